The Balaban J connectivity index is 2.25. The average molecular weight is 333 g/mol. The van der Waals surface area contributed by atoms with Crippen molar-refractivity contribution in [3.05, 3.63) is 38.3 Å². The molecule has 0 fully saturated rings. The number of benzene rings is 1. The molecule has 0 bridgehead atoms. The lowest BCUT2D eigenvalue weighted by molar-refractivity contribution is 0.103. The van der Waals surface area contributed by atoms with E-state index in [1.807, 2.05) is 0 Å². The number of carbonyl (C=O) groups excluding carboxylic acids is 1. The number of hydrogen-bond acceptors (Lipinski definition) is 4. The lowest BCUT2D eigenvalue weighted by Gasteiger charge is -2.07. The molecule has 1 aromatic heterocycles. The topological polar surface area (TPSA) is 54.9 Å². The van der Waals surface area contributed by atoms with E-state index in [1.165, 1.54) is 0 Å². The Morgan fingerprint density at radius 3 is 2.94 bits per heavy atom. The van der Waals surface area contributed by atoms with Gasteiger partial charge in [0.1, 0.15) is 4.88 Å². The molecule has 0 saturated carbocycles. The summed E-state index contributed by atoms with van der Waals surface area (Å²) >= 11 is 10.3. The monoisotopic (exact) mass is 331 g/mol. The van der Waals surface area contributed by atoms with Gasteiger partial charge in [-0.1, -0.05) is 22.2 Å². The van der Waals surface area contributed by atoms with Gasteiger partial charge in [0.25, 0.3) is 5.91 Å². The number of aryl methyl sites for hydroxylation is 1. The molecular formula is C10H7BrClN3OS. The first-order valence-electron chi connectivity index (χ1n) is 4.64. The Kier molecular flexibility index (Phi) is 3.76. The normalized spacial score (nSPS) is 10.3. The van der Waals surface area contributed by atoms with Crippen LogP contribution < -0.4 is 5.32 Å². The summed E-state index contributed by atoms with van der Waals surface area (Å²) in [5.74, 6) is -0.236. The maximum Gasteiger partial charge on any atom is 0.269 e. The van der Waals surface area contributed by atoms with Crippen molar-refractivity contribution >= 4 is 50.7 Å². The zero-order valence-electron chi connectivity index (χ0n) is 8.70. The third-order valence-corrected chi connectivity index (χ3v) is 4.28. The van der Waals surface area contributed by atoms with Gasteiger partial charge in [-0.2, -0.15) is 0 Å². The highest BCUT2D eigenvalue weighted by atomic mass is 79.9. The first-order valence-corrected chi connectivity index (χ1v) is 6.58. The van der Waals surface area contributed by atoms with Gasteiger partial charge in [-0.3, -0.25) is 4.79 Å². The van der Waals surface area contributed by atoms with E-state index < -0.39 is 0 Å². The summed E-state index contributed by atoms with van der Waals surface area (Å²) in [6.07, 6.45) is 0. The Bertz CT molecular complexity index is 572. The summed E-state index contributed by atoms with van der Waals surface area (Å²) in [5.41, 5.74) is 1.24. The van der Waals surface area contributed by atoms with E-state index >= 15 is 0 Å². The van der Waals surface area contributed by atoms with E-state index in [0.717, 1.165) is 11.5 Å². The molecule has 88 valence electrons. The van der Waals surface area contributed by atoms with E-state index in [-0.39, 0.29) is 5.91 Å². The van der Waals surface area contributed by atoms with E-state index in [1.54, 1.807) is 25.1 Å². The zero-order valence-corrected chi connectivity index (χ0v) is 11.9. The predicted molar refractivity (Wildman–Crippen MR) is 71.8 cm³/mol. The van der Waals surface area contributed by atoms with Gasteiger partial charge in [0.15, 0.2) is 0 Å². The number of hydrogen-bond donors (Lipinski definition) is 1. The van der Waals surface area contributed by atoms with Crippen molar-refractivity contribution in [3.8, 4) is 0 Å². The van der Waals surface area contributed by atoms with Crippen LogP contribution in [0.2, 0.25) is 5.02 Å². The van der Waals surface area contributed by atoms with Crippen molar-refractivity contribution < 1.29 is 4.79 Å². The van der Waals surface area contributed by atoms with Gasteiger partial charge >= 0.3 is 0 Å². The molecule has 1 amide bonds. The summed E-state index contributed by atoms with van der Waals surface area (Å²) < 4.78 is 4.37. The number of nitrogens with one attached hydrogen (secondary N) is 1. The second-order valence-electron chi connectivity index (χ2n) is 3.24. The SMILES string of the molecule is Cc1nnsc1C(=O)Nc1cccc(Cl)c1Br. The van der Waals surface area contributed by atoms with Gasteiger partial charge < -0.3 is 5.32 Å². The molecule has 7 heteroatoms. The van der Waals surface area contributed by atoms with Crippen molar-refractivity contribution in [2.45, 2.75) is 6.92 Å². The van der Waals surface area contributed by atoms with Crippen LogP contribution in [0.25, 0.3) is 0 Å². The fourth-order valence-corrected chi connectivity index (χ4v) is 2.31. The molecule has 1 N–H and O–H groups in total. The van der Waals surface area contributed by atoms with Crippen LogP contribution in [0.4, 0.5) is 5.69 Å². The van der Waals surface area contributed by atoms with Gasteiger partial charge in [0.05, 0.1) is 20.9 Å². The summed E-state index contributed by atoms with van der Waals surface area (Å²) in [7, 11) is 0. The predicted octanol–water partition coefficient (Wildman–Crippen LogP) is 3.51. The molecule has 0 radical (unpaired) electrons. The summed E-state index contributed by atoms with van der Waals surface area (Å²) in [5, 5.41) is 7.09. The molecule has 1 heterocycles. The van der Waals surface area contributed by atoms with Crippen LogP contribution in [-0.2, 0) is 0 Å². The molecule has 0 aliphatic heterocycles. The van der Waals surface area contributed by atoms with Crippen LogP contribution in [0, 0.1) is 6.92 Å². The lowest BCUT2D eigenvalue weighted by Crippen LogP contribution is -2.12. The fraction of sp³-hybridized carbons (Fsp3) is 0.100. The second-order valence-corrected chi connectivity index (χ2v) is 5.20. The minimum absolute atomic E-state index is 0.236. The van der Waals surface area contributed by atoms with E-state index in [9.17, 15) is 4.79 Å². The van der Waals surface area contributed by atoms with Crippen LogP contribution in [0.1, 0.15) is 15.4 Å². The highest BCUT2D eigenvalue weighted by molar-refractivity contribution is 9.10. The standard InChI is InChI=1S/C10H7BrClN3OS/c1-5-9(17-15-14-5)10(16)13-7-4-2-3-6(12)8(7)11/h2-4H,1H3,(H,13,16). The number of carbonyl (C=O) groups is 1. The largest absolute Gasteiger partial charge is 0.320 e. The summed E-state index contributed by atoms with van der Waals surface area (Å²) in [6, 6.07) is 5.26. The molecule has 1 aromatic carbocycles. The average Bonchev–Trinajstić information content (AvgIpc) is 2.71. The number of rotatable bonds is 2. The molecular weight excluding hydrogens is 326 g/mol. The molecule has 0 spiro atoms. The van der Waals surface area contributed by atoms with E-state index in [0.29, 0.717) is 25.8 Å². The van der Waals surface area contributed by atoms with E-state index in [4.69, 9.17) is 11.6 Å². The quantitative estimate of drug-likeness (QED) is 0.915. The molecule has 0 atom stereocenters. The fourth-order valence-electron chi connectivity index (χ4n) is 1.22. The maximum absolute atomic E-state index is 11.9. The van der Waals surface area contributed by atoms with Gasteiger partial charge in [-0.15, -0.1) is 5.10 Å². The van der Waals surface area contributed by atoms with Crippen LogP contribution in [0.3, 0.4) is 0 Å². The lowest BCUT2D eigenvalue weighted by atomic mass is 10.3. The zero-order chi connectivity index (χ0) is 12.4. The number of halogens is 2. The Hall–Kier alpha value is -0.980. The van der Waals surface area contributed by atoms with Gasteiger partial charge in [0, 0.05) is 0 Å². The third kappa shape index (κ3) is 2.65. The summed E-state index contributed by atoms with van der Waals surface area (Å²) in [4.78, 5) is 12.4. The van der Waals surface area contributed by atoms with Gasteiger partial charge in [-0.05, 0) is 46.5 Å². The van der Waals surface area contributed by atoms with E-state index in [2.05, 4.69) is 30.8 Å². The highest BCUT2D eigenvalue weighted by Crippen LogP contribution is 2.30. The smallest absolute Gasteiger partial charge is 0.269 e. The Morgan fingerprint density at radius 2 is 2.29 bits per heavy atom. The first kappa shape index (κ1) is 12.5. The van der Waals surface area contributed by atoms with Crippen molar-refractivity contribution in [2.24, 2.45) is 0 Å². The first-order chi connectivity index (χ1) is 8.09. The van der Waals surface area contributed by atoms with Crippen LogP contribution in [0.15, 0.2) is 22.7 Å². The molecule has 0 saturated heterocycles. The molecule has 4 nitrogen and oxygen atoms in total. The van der Waals surface area contributed by atoms with Gasteiger partial charge in [0.2, 0.25) is 0 Å². The van der Waals surface area contributed by atoms with Crippen molar-refractivity contribution in [2.75, 3.05) is 5.32 Å². The van der Waals surface area contributed by atoms with Crippen LogP contribution >= 0.6 is 39.1 Å². The van der Waals surface area contributed by atoms with Crippen molar-refractivity contribution in [3.63, 3.8) is 0 Å². The Labute approximate surface area is 115 Å². The van der Waals surface area contributed by atoms with Crippen LogP contribution in [0.5, 0.6) is 0 Å². The molecule has 2 aromatic rings. The van der Waals surface area contributed by atoms with Crippen LogP contribution in [-0.4, -0.2) is 15.5 Å². The molecule has 0 unspecified atom stereocenters. The van der Waals surface area contributed by atoms with Crippen molar-refractivity contribution in [1.82, 2.24) is 9.59 Å². The third-order valence-electron chi connectivity index (χ3n) is 2.06. The summed E-state index contributed by atoms with van der Waals surface area (Å²) in [6.45, 7) is 1.74. The highest BCUT2D eigenvalue weighted by Gasteiger charge is 2.14. The Morgan fingerprint density at radius 1 is 1.53 bits per heavy atom. The number of amides is 1. The minimum Gasteiger partial charge on any atom is -0.320 e. The molecule has 17 heavy (non-hydrogen) atoms. The van der Waals surface area contributed by atoms with Gasteiger partial charge in [-0.25, -0.2) is 0 Å². The van der Waals surface area contributed by atoms with Crippen molar-refractivity contribution in [1.29, 1.82) is 0 Å². The molecule has 2 rings (SSSR count). The molecule has 0 aliphatic rings. The number of anilines is 1. The molecule has 0 aliphatic carbocycles. The number of nitrogens with zero attached hydrogens (tertiary/aromatic N) is 2. The minimum atomic E-state index is -0.236. The second kappa shape index (κ2) is 5.12. The maximum atomic E-state index is 11.9. The number of aromatic nitrogens is 2.